The van der Waals surface area contributed by atoms with Gasteiger partial charge in [0.15, 0.2) is 0 Å². The van der Waals surface area contributed by atoms with Gasteiger partial charge in [0.2, 0.25) is 0 Å². The van der Waals surface area contributed by atoms with Gasteiger partial charge in [-0.25, -0.2) is 9.00 Å². The van der Waals surface area contributed by atoms with E-state index < -0.39 is 15.3 Å². The van der Waals surface area contributed by atoms with Crippen molar-refractivity contribution < 1.29 is 13.7 Å². The molecule has 2 atom stereocenters. The third kappa shape index (κ3) is 3.66. The van der Waals surface area contributed by atoms with Crippen LogP contribution >= 0.6 is 0 Å². The number of carbonyl (C=O) groups is 1. The zero-order chi connectivity index (χ0) is 12.6. The molecule has 6 heteroatoms. The maximum Gasteiger partial charge on any atom is 0.410 e. The Hall–Kier alpha value is -0.780. The molecule has 1 saturated heterocycles. The average molecular weight is 248 g/mol. The number of nitrogens with zero attached hydrogens (tertiary/aromatic N) is 1. The van der Waals surface area contributed by atoms with Crippen LogP contribution in [-0.2, 0) is 14.5 Å². The summed E-state index contributed by atoms with van der Waals surface area (Å²) < 4.78 is 24.2. The molecule has 1 N–H and O–H groups in total. The highest BCUT2D eigenvalue weighted by molar-refractivity contribution is 7.92. The van der Waals surface area contributed by atoms with Crippen molar-refractivity contribution in [2.45, 2.75) is 38.0 Å². The van der Waals surface area contributed by atoms with Gasteiger partial charge in [-0.3, -0.25) is 4.78 Å². The SMILES string of the molecule is CC(C)(C)OC(=O)N1CC[C@H]([S@@](C)(=N)=O)C1. The van der Waals surface area contributed by atoms with Gasteiger partial charge in [-0.2, -0.15) is 0 Å². The summed E-state index contributed by atoms with van der Waals surface area (Å²) in [4.78, 5) is 13.2. The first kappa shape index (κ1) is 13.3. The van der Waals surface area contributed by atoms with E-state index in [4.69, 9.17) is 9.52 Å². The zero-order valence-corrected chi connectivity index (χ0v) is 11.1. The van der Waals surface area contributed by atoms with E-state index >= 15 is 0 Å². The first-order chi connectivity index (χ1) is 7.09. The molecule has 0 radical (unpaired) electrons. The van der Waals surface area contributed by atoms with Crippen LogP contribution in [0.2, 0.25) is 0 Å². The minimum absolute atomic E-state index is 0.222. The number of nitrogens with one attached hydrogen (secondary N) is 1. The van der Waals surface area contributed by atoms with Gasteiger partial charge in [0.25, 0.3) is 0 Å². The Balaban J connectivity index is 2.57. The first-order valence-electron chi connectivity index (χ1n) is 5.30. The Morgan fingerprint density at radius 2 is 2.06 bits per heavy atom. The fourth-order valence-corrected chi connectivity index (χ4v) is 2.61. The molecular formula is C10H20N2O3S. The summed E-state index contributed by atoms with van der Waals surface area (Å²) in [5.74, 6) is 0. The van der Waals surface area contributed by atoms with E-state index in [1.165, 1.54) is 11.2 Å². The minimum atomic E-state index is -2.56. The average Bonchev–Trinajstić information content (AvgIpc) is 2.46. The maximum absolute atomic E-state index is 11.7. The van der Waals surface area contributed by atoms with Gasteiger partial charge in [0, 0.05) is 29.1 Å². The molecule has 0 bridgehead atoms. The fourth-order valence-electron chi connectivity index (χ4n) is 1.59. The lowest BCUT2D eigenvalue weighted by Crippen LogP contribution is -2.36. The van der Waals surface area contributed by atoms with Gasteiger partial charge in [-0.1, -0.05) is 0 Å². The number of carbonyl (C=O) groups excluding carboxylic acids is 1. The smallest absolute Gasteiger partial charge is 0.410 e. The molecule has 94 valence electrons. The van der Waals surface area contributed by atoms with E-state index in [0.717, 1.165) is 0 Å². The molecule has 0 aromatic heterocycles. The summed E-state index contributed by atoms with van der Waals surface area (Å²) in [5.41, 5.74) is -0.510. The van der Waals surface area contributed by atoms with E-state index in [1.54, 1.807) is 0 Å². The van der Waals surface area contributed by atoms with Crippen LogP contribution in [0.3, 0.4) is 0 Å². The first-order valence-corrected chi connectivity index (χ1v) is 7.33. The highest BCUT2D eigenvalue weighted by Crippen LogP contribution is 2.19. The molecule has 16 heavy (non-hydrogen) atoms. The summed E-state index contributed by atoms with van der Waals surface area (Å²) in [7, 11) is -2.56. The molecule has 0 saturated carbocycles. The number of hydrogen-bond acceptors (Lipinski definition) is 4. The van der Waals surface area contributed by atoms with Gasteiger partial charge < -0.3 is 9.64 Å². The van der Waals surface area contributed by atoms with E-state index in [-0.39, 0.29) is 11.3 Å². The van der Waals surface area contributed by atoms with Crippen molar-refractivity contribution in [3.63, 3.8) is 0 Å². The van der Waals surface area contributed by atoms with Crippen LogP contribution < -0.4 is 0 Å². The highest BCUT2D eigenvalue weighted by atomic mass is 32.2. The molecule has 0 aliphatic carbocycles. The lowest BCUT2D eigenvalue weighted by molar-refractivity contribution is 0.0295. The quantitative estimate of drug-likeness (QED) is 0.767. The monoisotopic (exact) mass is 248 g/mol. The summed E-state index contributed by atoms with van der Waals surface area (Å²) >= 11 is 0. The topological polar surface area (TPSA) is 70.5 Å². The molecule has 0 aromatic rings. The predicted molar refractivity (Wildman–Crippen MR) is 63.0 cm³/mol. The van der Waals surface area contributed by atoms with Gasteiger partial charge in [-0.05, 0) is 27.2 Å². The van der Waals surface area contributed by atoms with Crippen molar-refractivity contribution in [2.75, 3.05) is 19.3 Å². The van der Waals surface area contributed by atoms with Gasteiger partial charge in [-0.15, -0.1) is 0 Å². The van der Waals surface area contributed by atoms with Gasteiger partial charge in [0.1, 0.15) is 5.60 Å². The van der Waals surface area contributed by atoms with Crippen molar-refractivity contribution in [1.29, 1.82) is 4.78 Å². The molecule has 1 aliphatic rings. The van der Waals surface area contributed by atoms with E-state index in [1.807, 2.05) is 20.8 Å². The zero-order valence-electron chi connectivity index (χ0n) is 10.3. The Morgan fingerprint density at radius 3 is 2.44 bits per heavy atom. The summed E-state index contributed by atoms with van der Waals surface area (Å²) in [5, 5.41) is -0.222. The van der Waals surface area contributed by atoms with Crippen molar-refractivity contribution in [3.8, 4) is 0 Å². The third-order valence-electron chi connectivity index (χ3n) is 2.43. The van der Waals surface area contributed by atoms with Gasteiger partial charge in [0.05, 0.1) is 5.25 Å². The molecule has 5 nitrogen and oxygen atoms in total. The summed E-state index contributed by atoms with van der Waals surface area (Å²) in [6, 6.07) is 0. The fraction of sp³-hybridized carbons (Fsp3) is 0.900. The van der Waals surface area contributed by atoms with Crippen LogP contribution in [-0.4, -0.2) is 45.4 Å². The van der Waals surface area contributed by atoms with Crippen molar-refractivity contribution >= 4 is 15.8 Å². The molecule has 1 fully saturated rings. The highest BCUT2D eigenvalue weighted by Gasteiger charge is 2.33. The molecular weight excluding hydrogens is 228 g/mol. The number of rotatable bonds is 1. The Morgan fingerprint density at radius 1 is 1.50 bits per heavy atom. The molecule has 1 aliphatic heterocycles. The molecule has 0 unspecified atom stereocenters. The van der Waals surface area contributed by atoms with Crippen molar-refractivity contribution in [1.82, 2.24) is 4.90 Å². The number of amides is 1. The maximum atomic E-state index is 11.7. The Kier molecular flexibility index (Phi) is 3.52. The van der Waals surface area contributed by atoms with Crippen LogP contribution in [0.4, 0.5) is 4.79 Å². The van der Waals surface area contributed by atoms with Crippen LogP contribution in [0.5, 0.6) is 0 Å². The van der Waals surface area contributed by atoms with Crippen molar-refractivity contribution in [3.05, 3.63) is 0 Å². The molecule has 1 amide bonds. The van der Waals surface area contributed by atoms with Crippen LogP contribution in [0.15, 0.2) is 0 Å². The number of hydrogen-bond donors (Lipinski definition) is 1. The number of ether oxygens (including phenoxy) is 1. The lowest BCUT2D eigenvalue weighted by Gasteiger charge is -2.24. The standard InChI is InChI=1S/C10H20N2O3S/c1-10(2,3)15-9(13)12-6-5-8(7-12)16(4,11)14/h8,11H,5-7H2,1-4H3/t8-,16-/m0/s1. The van der Waals surface area contributed by atoms with Crippen LogP contribution in [0, 0.1) is 4.78 Å². The molecule has 0 spiro atoms. The molecule has 0 aromatic carbocycles. The normalized spacial score (nSPS) is 25.2. The Labute approximate surface area is 97.1 Å². The third-order valence-corrected chi connectivity index (χ3v) is 4.09. The van der Waals surface area contributed by atoms with E-state index in [0.29, 0.717) is 19.5 Å². The predicted octanol–water partition coefficient (Wildman–Crippen LogP) is 1.67. The molecule has 1 heterocycles. The molecule has 1 rings (SSSR count). The summed E-state index contributed by atoms with van der Waals surface area (Å²) in [6.07, 6.45) is 1.67. The van der Waals surface area contributed by atoms with Crippen molar-refractivity contribution in [2.24, 2.45) is 0 Å². The lowest BCUT2D eigenvalue weighted by atomic mass is 10.2. The largest absolute Gasteiger partial charge is 0.444 e. The second-order valence-corrected chi connectivity index (χ2v) is 7.72. The van der Waals surface area contributed by atoms with E-state index in [2.05, 4.69) is 0 Å². The van der Waals surface area contributed by atoms with E-state index in [9.17, 15) is 9.00 Å². The summed E-state index contributed by atoms with van der Waals surface area (Å²) in [6.45, 7) is 6.33. The second-order valence-electron chi connectivity index (χ2n) is 5.24. The number of likely N-dealkylation sites (tertiary alicyclic amines) is 1. The van der Waals surface area contributed by atoms with Gasteiger partial charge >= 0.3 is 6.09 Å². The second kappa shape index (κ2) is 4.24. The van der Waals surface area contributed by atoms with Crippen LogP contribution in [0.25, 0.3) is 0 Å². The van der Waals surface area contributed by atoms with Crippen LogP contribution in [0.1, 0.15) is 27.2 Å². The Bertz CT molecular complexity index is 370. The minimum Gasteiger partial charge on any atom is -0.444 e.